The van der Waals surface area contributed by atoms with E-state index in [1.165, 1.54) is 6.33 Å². The number of hydrogen-bond donors (Lipinski definition) is 2. The second-order valence-electron chi connectivity index (χ2n) is 4.24. The van der Waals surface area contributed by atoms with E-state index >= 15 is 0 Å². The van der Waals surface area contributed by atoms with Crippen molar-refractivity contribution < 1.29 is 0 Å². The molecule has 6 heteroatoms. The van der Waals surface area contributed by atoms with Crippen molar-refractivity contribution >= 4 is 17.3 Å². The summed E-state index contributed by atoms with van der Waals surface area (Å²) < 4.78 is 0. The molecule has 0 amide bonds. The molecule has 1 heterocycles. The maximum Gasteiger partial charge on any atom is 0.169 e. The minimum atomic E-state index is 0.583. The van der Waals surface area contributed by atoms with Crippen LogP contribution in [0, 0.1) is 0 Å². The van der Waals surface area contributed by atoms with E-state index in [2.05, 4.69) is 27.2 Å². The fourth-order valence-electron chi connectivity index (χ4n) is 1.49. The van der Waals surface area contributed by atoms with Gasteiger partial charge < -0.3 is 16.1 Å². The highest BCUT2D eigenvalue weighted by atomic mass is 15.5. The maximum atomic E-state index is 6.05. The molecule has 17 heavy (non-hydrogen) atoms. The monoisotopic (exact) mass is 238 g/mol. The Morgan fingerprint density at radius 1 is 1.29 bits per heavy atom. The van der Waals surface area contributed by atoms with E-state index in [0.717, 1.165) is 25.2 Å². The van der Waals surface area contributed by atoms with Gasteiger partial charge in [-0.3, -0.25) is 0 Å². The summed E-state index contributed by atoms with van der Waals surface area (Å²) in [5.41, 5.74) is 9.69. The van der Waals surface area contributed by atoms with Crippen molar-refractivity contribution in [2.24, 2.45) is 0 Å². The summed E-state index contributed by atoms with van der Waals surface area (Å²) in [6, 6.07) is 0. The minimum absolute atomic E-state index is 0.583. The highest BCUT2D eigenvalue weighted by molar-refractivity contribution is 5.74. The summed E-state index contributed by atoms with van der Waals surface area (Å²) in [5.74, 6) is 1.42. The molecule has 0 radical (unpaired) electrons. The quantitative estimate of drug-likeness (QED) is 0.725. The fraction of sp³-hybridized carbons (Fsp3) is 0.636. The van der Waals surface area contributed by atoms with Gasteiger partial charge in [0.2, 0.25) is 0 Å². The lowest BCUT2D eigenvalue weighted by molar-refractivity contribution is 0.492. The molecule has 0 aliphatic rings. The van der Waals surface area contributed by atoms with Gasteiger partial charge in [-0.15, -0.1) is 0 Å². The van der Waals surface area contributed by atoms with Crippen molar-refractivity contribution in [2.75, 3.05) is 43.7 Å². The molecule has 0 saturated carbocycles. The Morgan fingerprint density at radius 2 is 2.00 bits per heavy atom. The standard InChI is InChI=1S/C11H22N6/c1-5-6-7-17(4)11-9(12)10(13-8-14-11)15-16(2)3/h8H,5-7,12H2,1-4H3,(H,13,14,15). The lowest BCUT2D eigenvalue weighted by Gasteiger charge is -2.21. The first-order chi connectivity index (χ1) is 8.06. The highest BCUT2D eigenvalue weighted by Gasteiger charge is 2.11. The molecule has 0 atom stereocenters. The zero-order valence-electron chi connectivity index (χ0n) is 11.1. The number of nitrogens with one attached hydrogen (secondary N) is 1. The number of rotatable bonds is 6. The summed E-state index contributed by atoms with van der Waals surface area (Å²) in [4.78, 5) is 10.4. The zero-order chi connectivity index (χ0) is 12.8. The summed E-state index contributed by atoms with van der Waals surface area (Å²) in [6.07, 6.45) is 3.80. The predicted octanol–water partition coefficient (Wildman–Crippen LogP) is 1.18. The Labute approximate surface area is 103 Å². The van der Waals surface area contributed by atoms with Crippen molar-refractivity contribution in [3.63, 3.8) is 0 Å². The van der Waals surface area contributed by atoms with Crippen LogP contribution < -0.4 is 16.1 Å². The van der Waals surface area contributed by atoms with E-state index in [1.54, 1.807) is 5.01 Å². The van der Waals surface area contributed by atoms with Gasteiger partial charge in [0.05, 0.1) is 0 Å². The van der Waals surface area contributed by atoms with Crippen LogP contribution in [0.25, 0.3) is 0 Å². The van der Waals surface area contributed by atoms with Gasteiger partial charge in [-0.1, -0.05) is 13.3 Å². The summed E-state index contributed by atoms with van der Waals surface area (Å²) in [5, 5.41) is 1.80. The molecular formula is C11H22N6. The normalized spacial score (nSPS) is 10.6. The first-order valence-corrected chi connectivity index (χ1v) is 5.81. The third-order valence-corrected chi connectivity index (χ3v) is 2.40. The van der Waals surface area contributed by atoms with E-state index in [-0.39, 0.29) is 0 Å². The number of aromatic nitrogens is 2. The lowest BCUT2D eigenvalue weighted by atomic mass is 10.3. The summed E-state index contributed by atoms with van der Waals surface area (Å²) in [6.45, 7) is 3.11. The van der Waals surface area contributed by atoms with Crippen LogP contribution in [0.3, 0.4) is 0 Å². The molecule has 0 unspecified atom stereocenters. The number of hydrogen-bond acceptors (Lipinski definition) is 6. The molecule has 1 aromatic heterocycles. The van der Waals surface area contributed by atoms with Gasteiger partial charge in [0, 0.05) is 27.7 Å². The molecule has 0 spiro atoms. The molecule has 0 aliphatic heterocycles. The molecular weight excluding hydrogens is 216 g/mol. The molecule has 0 fully saturated rings. The fourth-order valence-corrected chi connectivity index (χ4v) is 1.49. The number of nitrogens with two attached hydrogens (primary N) is 1. The zero-order valence-corrected chi connectivity index (χ0v) is 11.1. The van der Waals surface area contributed by atoms with Crippen molar-refractivity contribution in [1.82, 2.24) is 15.0 Å². The molecule has 3 N–H and O–H groups in total. The molecule has 0 aliphatic carbocycles. The van der Waals surface area contributed by atoms with Crippen LogP contribution in [-0.2, 0) is 0 Å². The predicted molar refractivity (Wildman–Crippen MR) is 71.9 cm³/mol. The van der Waals surface area contributed by atoms with E-state index in [4.69, 9.17) is 5.73 Å². The molecule has 1 aromatic rings. The molecule has 0 aromatic carbocycles. The first kappa shape index (κ1) is 13.5. The van der Waals surface area contributed by atoms with Crippen LogP contribution in [0.1, 0.15) is 19.8 Å². The molecule has 0 saturated heterocycles. The highest BCUT2D eigenvalue weighted by Crippen LogP contribution is 2.25. The maximum absolute atomic E-state index is 6.05. The van der Waals surface area contributed by atoms with Crippen molar-refractivity contribution in [3.8, 4) is 0 Å². The Morgan fingerprint density at radius 3 is 2.59 bits per heavy atom. The minimum Gasteiger partial charge on any atom is -0.393 e. The smallest absolute Gasteiger partial charge is 0.169 e. The van der Waals surface area contributed by atoms with Crippen LogP contribution in [0.5, 0.6) is 0 Å². The van der Waals surface area contributed by atoms with Gasteiger partial charge in [-0.25, -0.2) is 15.0 Å². The van der Waals surface area contributed by atoms with E-state index in [1.807, 2.05) is 21.1 Å². The Balaban J connectivity index is 2.85. The van der Waals surface area contributed by atoms with Crippen LogP contribution in [0.4, 0.5) is 17.3 Å². The Bertz CT molecular complexity index is 352. The number of hydrazine groups is 1. The second kappa shape index (κ2) is 6.24. The molecule has 96 valence electrons. The van der Waals surface area contributed by atoms with Crippen LogP contribution >= 0.6 is 0 Å². The lowest BCUT2D eigenvalue weighted by Crippen LogP contribution is -2.24. The summed E-state index contributed by atoms with van der Waals surface area (Å²) in [7, 11) is 5.78. The molecule has 1 rings (SSSR count). The third kappa shape index (κ3) is 3.74. The average Bonchev–Trinajstić information content (AvgIpc) is 2.28. The van der Waals surface area contributed by atoms with Crippen molar-refractivity contribution in [2.45, 2.75) is 19.8 Å². The number of unbranched alkanes of at least 4 members (excludes halogenated alkanes) is 1. The van der Waals surface area contributed by atoms with Crippen LogP contribution in [0.15, 0.2) is 6.33 Å². The first-order valence-electron chi connectivity index (χ1n) is 5.81. The summed E-state index contributed by atoms with van der Waals surface area (Å²) >= 11 is 0. The molecule has 0 bridgehead atoms. The number of nitrogens with zero attached hydrogens (tertiary/aromatic N) is 4. The largest absolute Gasteiger partial charge is 0.393 e. The van der Waals surface area contributed by atoms with Gasteiger partial charge in [0.15, 0.2) is 11.6 Å². The second-order valence-corrected chi connectivity index (χ2v) is 4.24. The van der Waals surface area contributed by atoms with Gasteiger partial charge in [-0.05, 0) is 6.42 Å². The van der Waals surface area contributed by atoms with Crippen molar-refractivity contribution in [1.29, 1.82) is 0 Å². The van der Waals surface area contributed by atoms with Gasteiger partial charge in [0.1, 0.15) is 12.0 Å². The van der Waals surface area contributed by atoms with E-state index < -0.39 is 0 Å². The van der Waals surface area contributed by atoms with Crippen LogP contribution in [-0.4, -0.2) is 42.7 Å². The van der Waals surface area contributed by atoms with Crippen molar-refractivity contribution in [3.05, 3.63) is 6.33 Å². The van der Waals surface area contributed by atoms with Gasteiger partial charge >= 0.3 is 0 Å². The Hall–Kier alpha value is -1.56. The topological polar surface area (TPSA) is 70.3 Å². The average molecular weight is 238 g/mol. The number of nitrogen functional groups attached to an aromatic ring is 1. The third-order valence-electron chi connectivity index (χ3n) is 2.40. The SMILES string of the molecule is CCCCN(C)c1ncnc(NN(C)C)c1N. The molecule has 6 nitrogen and oxygen atoms in total. The number of anilines is 3. The van der Waals surface area contributed by atoms with E-state index in [0.29, 0.717) is 11.5 Å². The van der Waals surface area contributed by atoms with Gasteiger partial charge in [0.25, 0.3) is 0 Å². The Kier molecular flexibility index (Phi) is 4.96. The van der Waals surface area contributed by atoms with E-state index in [9.17, 15) is 0 Å². The van der Waals surface area contributed by atoms with Gasteiger partial charge in [-0.2, -0.15) is 0 Å². The van der Waals surface area contributed by atoms with Crippen LogP contribution in [0.2, 0.25) is 0 Å².